The number of likely N-dealkylation sites (N-methyl/N-ethyl adjacent to an activating group) is 1. The number of amides is 2. The lowest BCUT2D eigenvalue weighted by molar-refractivity contribution is -0.141. The first-order chi connectivity index (χ1) is 9.29. The lowest BCUT2D eigenvalue weighted by Crippen LogP contribution is -2.45. The lowest BCUT2D eigenvalue weighted by atomic mass is 10.2. The van der Waals surface area contributed by atoms with Gasteiger partial charge in [0.25, 0.3) is 0 Å². The number of rotatable bonds is 6. The highest BCUT2D eigenvalue weighted by Gasteiger charge is 2.22. The zero-order chi connectivity index (χ0) is 15.3. The third-order valence-corrected chi connectivity index (χ3v) is 2.36. The van der Waals surface area contributed by atoms with E-state index >= 15 is 0 Å². The van der Waals surface area contributed by atoms with Crippen LogP contribution in [-0.4, -0.2) is 52.6 Å². The molecule has 1 atom stereocenters. The van der Waals surface area contributed by atoms with Crippen molar-refractivity contribution in [1.29, 1.82) is 0 Å². The number of anilines is 1. The summed E-state index contributed by atoms with van der Waals surface area (Å²) in [7, 11) is 1.36. The standard InChI is InChI=1S/C11H16N4O5/c1-6-3-8(14-20-6)13-9(16)5-15(2)11(19)7(12)4-10(17)18/h3,7H,4-5,12H2,1-2H3,(H,17,18)(H,13,14,16). The van der Waals surface area contributed by atoms with Crippen LogP contribution in [-0.2, 0) is 14.4 Å². The molecular formula is C11H16N4O5. The zero-order valence-electron chi connectivity index (χ0n) is 11.1. The van der Waals surface area contributed by atoms with Crippen LogP contribution in [0, 0.1) is 6.92 Å². The second-order valence-corrected chi connectivity index (χ2v) is 4.27. The van der Waals surface area contributed by atoms with E-state index in [1.165, 1.54) is 13.1 Å². The number of carbonyl (C=O) groups is 3. The van der Waals surface area contributed by atoms with E-state index in [1.807, 2.05) is 0 Å². The number of carbonyl (C=O) groups excluding carboxylic acids is 2. The minimum Gasteiger partial charge on any atom is -0.481 e. The van der Waals surface area contributed by atoms with E-state index in [-0.39, 0.29) is 12.4 Å². The number of carboxylic acids is 1. The highest BCUT2D eigenvalue weighted by atomic mass is 16.5. The molecule has 0 saturated carbocycles. The second-order valence-electron chi connectivity index (χ2n) is 4.27. The molecule has 110 valence electrons. The van der Waals surface area contributed by atoms with Gasteiger partial charge in [-0.1, -0.05) is 5.16 Å². The third kappa shape index (κ3) is 4.69. The van der Waals surface area contributed by atoms with E-state index in [0.29, 0.717) is 5.76 Å². The van der Waals surface area contributed by atoms with Gasteiger partial charge in [-0.05, 0) is 6.92 Å². The molecule has 1 unspecified atom stereocenters. The maximum Gasteiger partial charge on any atom is 0.305 e. The summed E-state index contributed by atoms with van der Waals surface area (Å²) in [5, 5.41) is 14.5. The van der Waals surface area contributed by atoms with E-state index in [2.05, 4.69) is 10.5 Å². The predicted molar refractivity (Wildman–Crippen MR) is 67.7 cm³/mol. The highest BCUT2D eigenvalue weighted by Crippen LogP contribution is 2.06. The summed E-state index contributed by atoms with van der Waals surface area (Å²) in [5.41, 5.74) is 5.42. The van der Waals surface area contributed by atoms with E-state index in [0.717, 1.165) is 4.90 Å². The van der Waals surface area contributed by atoms with Crippen LogP contribution >= 0.6 is 0 Å². The smallest absolute Gasteiger partial charge is 0.305 e. The molecule has 9 nitrogen and oxygen atoms in total. The Balaban J connectivity index is 2.48. The monoisotopic (exact) mass is 284 g/mol. The number of aromatic nitrogens is 1. The molecule has 0 saturated heterocycles. The van der Waals surface area contributed by atoms with Crippen LogP contribution in [0.15, 0.2) is 10.6 Å². The van der Waals surface area contributed by atoms with Crippen LogP contribution in [0.3, 0.4) is 0 Å². The predicted octanol–water partition coefficient (Wildman–Crippen LogP) is -0.818. The fourth-order valence-electron chi connectivity index (χ4n) is 1.46. The van der Waals surface area contributed by atoms with Gasteiger partial charge in [-0.2, -0.15) is 0 Å². The molecule has 1 rings (SSSR count). The fraction of sp³-hybridized carbons (Fsp3) is 0.455. The molecule has 0 bridgehead atoms. The van der Waals surface area contributed by atoms with Crippen molar-refractivity contribution >= 4 is 23.6 Å². The normalized spacial score (nSPS) is 11.8. The Hall–Kier alpha value is -2.42. The van der Waals surface area contributed by atoms with Crippen molar-refractivity contribution in [2.45, 2.75) is 19.4 Å². The summed E-state index contributed by atoms with van der Waals surface area (Å²) in [6.45, 7) is 1.40. The van der Waals surface area contributed by atoms with Gasteiger partial charge in [-0.3, -0.25) is 14.4 Å². The minimum absolute atomic E-state index is 0.239. The first-order valence-corrected chi connectivity index (χ1v) is 5.75. The quantitative estimate of drug-likeness (QED) is 0.620. The first kappa shape index (κ1) is 15.6. The van der Waals surface area contributed by atoms with Gasteiger partial charge in [0.1, 0.15) is 5.76 Å². The Morgan fingerprint density at radius 1 is 1.55 bits per heavy atom. The summed E-state index contributed by atoms with van der Waals surface area (Å²) in [5.74, 6) is -1.52. The molecule has 0 fully saturated rings. The number of aryl methyl sites for hydroxylation is 1. The van der Waals surface area contributed by atoms with E-state index < -0.39 is 30.2 Å². The molecule has 2 amide bonds. The van der Waals surface area contributed by atoms with Crippen molar-refractivity contribution in [1.82, 2.24) is 10.1 Å². The molecule has 20 heavy (non-hydrogen) atoms. The molecule has 0 aliphatic heterocycles. The van der Waals surface area contributed by atoms with Crippen LogP contribution in [0.2, 0.25) is 0 Å². The van der Waals surface area contributed by atoms with Crippen LogP contribution in [0.25, 0.3) is 0 Å². The number of hydrogen-bond donors (Lipinski definition) is 3. The molecule has 0 aliphatic carbocycles. The number of aliphatic carboxylic acids is 1. The topological polar surface area (TPSA) is 139 Å². The number of nitrogens with zero attached hydrogens (tertiary/aromatic N) is 2. The van der Waals surface area contributed by atoms with Crippen LogP contribution < -0.4 is 11.1 Å². The molecular weight excluding hydrogens is 268 g/mol. The number of carboxylic acid groups (broad SMARTS) is 1. The second kappa shape index (κ2) is 6.66. The number of nitrogens with two attached hydrogens (primary N) is 1. The van der Waals surface area contributed by atoms with Crippen LogP contribution in [0.4, 0.5) is 5.82 Å². The van der Waals surface area contributed by atoms with Crippen LogP contribution in [0.5, 0.6) is 0 Å². The van der Waals surface area contributed by atoms with Crippen molar-refractivity contribution in [2.24, 2.45) is 5.73 Å². The summed E-state index contributed by atoms with van der Waals surface area (Å²) < 4.78 is 4.77. The van der Waals surface area contributed by atoms with Gasteiger partial charge in [0.05, 0.1) is 19.0 Å². The Bertz CT molecular complexity index is 513. The zero-order valence-corrected chi connectivity index (χ0v) is 11.1. The molecule has 0 radical (unpaired) electrons. The van der Waals surface area contributed by atoms with Crippen molar-refractivity contribution in [3.8, 4) is 0 Å². The van der Waals surface area contributed by atoms with Crippen molar-refractivity contribution in [3.63, 3.8) is 0 Å². The Labute approximate surface area is 114 Å². The summed E-state index contributed by atoms with van der Waals surface area (Å²) in [4.78, 5) is 34.8. The van der Waals surface area contributed by atoms with E-state index in [1.54, 1.807) is 6.92 Å². The highest BCUT2D eigenvalue weighted by molar-refractivity contribution is 5.95. The summed E-state index contributed by atoms with van der Waals surface area (Å²) in [6.07, 6.45) is -0.493. The van der Waals surface area contributed by atoms with Gasteiger partial charge < -0.3 is 25.6 Å². The van der Waals surface area contributed by atoms with Gasteiger partial charge in [0.15, 0.2) is 5.82 Å². The SMILES string of the molecule is Cc1cc(NC(=O)CN(C)C(=O)C(N)CC(=O)O)no1. The molecule has 4 N–H and O–H groups in total. The Morgan fingerprint density at radius 3 is 2.70 bits per heavy atom. The van der Waals surface area contributed by atoms with E-state index in [9.17, 15) is 14.4 Å². The van der Waals surface area contributed by atoms with Gasteiger partial charge in [-0.25, -0.2) is 0 Å². The third-order valence-electron chi connectivity index (χ3n) is 2.36. The average molecular weight is 284 g/mol. The molecule has 0 spiro atoms. The summed E-state index contributed by atoms with van der Waals surface area (Å²) >= 11 is 0. The van der Waals surface area contributed by atoms with Gasteiger partial charge in [-0.15, -0.1) is 0 Å². The Morgan fingerprint density at radius 2 is 2.20 bits per heavy atom. The average Bonchev–Trinajstić information content (AvgIpc) is 2.72. The van der Waals surface area contributed by atoms with Crippen molar-refractivity contribution in [2.75, 3.05) is 18.9 Å². The van der Waals surface area contributed by atoms with E-state index in [4.69, 9.17) is 15.4 Å². The largest absolute Gasteiger partial charge is 0.481 e. The molecule has 0 aliphatic rings. The maximum absolute atomic E-state index is 11.7. The molecule has 1 aromatic heterocycles. The number of hydrogen-bond acceptors (Lipinski definition) is 6. The van der Waals surface area contributed by atoms with Crippen molar-refractivity contribution < 1.29 is 24.0 Å². The molecule has 1 heterocycles. The lowest BCUT2D eigenvalue weighted by Gasteiger charge is -2.19. The van der Waals surface area contributed by atoms with Crippen molar-refractivity contribution in [3.05, 3.63) is 11.8 Å². The summed E-state index contributed by atoms with van der Waals surface area (Å²) in [6, 6.07) is 0.343. The molecule has 1 aromatic rings. The van der Waals surface area contributed by atoms with Gasteiger partial charge in [0, 0.05) is 13.1 Å². The fourth-order valence-corrected chi connectivity index (χ4v) is 1.46. The van der Waals surface area contributed by atoms with Gasteiger partial charge >= 0.3 is 5.97 Å². The maximum atomic E-state index is 11.7. The molecule has 9 heteroatoms. The number of nitrogens with one attached hydrogen (secondary N) is 1. The van der Waals surface area contributed by atoms with Gasteiger partial charge in [0.2, 0.25) is 11.8 Å². The first-order valence-electron chi connectivity index (χ1n) is 5.75. The minimum atomic E-state index is -1.18. The van der Waals surface area contributed by atoms with Crippen LogP contribution in [0.1, 0.15) is 12.2 Å². The Kier molecular flexibility index (Phi) is 5.21. The molecule has 0 aromatic carbocycles.